The van der Waals surface area contributed by atoms with Crippen LogP contribution in [0.15, 0.2) is 49.3 Å². The zero-order valence-corrected chi connectivity index (χ0v) is 18.8. The fourth-order valence-corrected chi connectivity index (χ4v) is 3.70. The second-order valence-corrected chi connectivity index (χ2v) is 8.39. The van der Waals surface area contributed by atoms with E-state index in [0.29, 0.717) is 11.3 Å². The number of pyridine rings is 2. The Morgan fingerprint density at radius 1 is 1.12 bits per heavy atom. The number of aromatic amines is 1. The third kappa shape index (κ3) is 5.25. The average Bonchev–Trinajstić information content (AvgIpc) is 3.38. The lowest BCUT2D eigenvalue weighted by Crippen LogP contribution is -2.47. The van der Waals surface area contributed by atoms with Gasteiger partial charge < -0.3 is 10.3 Å². The minimum Gasteiger partial charge on any atom is -0.346 e. The summed E-state index contributed by atoms with van der Waals surface area (Å²) >= 11 is 0. The first-order valence-electron chi connectivity index (χ1n) is 10.6. The SMILES string of the molecule is CC(C)[C@@H](NCC(F)(F)F)C(=O)Nc1cncc(-c2c[nH]c3ncc(-c4cnn(C)c4)cc23)c1. The maximum atomic E-state index is 12.7. The highest BCUT2D eigenvalue weighted by Crippen LogP contribution is 2.31. The lowest BCUT2D eigenvalue weighted by molar-refractivity contribution is -0.131. The largest absolute Gasteiger partial charge is 0.401 e. The molecule has 0 radical (unpaired) electrons. The van der Waals surface area contributed by atoms with Gasteiger partial charge in [0.15, 0.2) is 0 Å². The Hall–Kier alpha value is -3.73. The van der Waals surface area contributed by atoms with Crippen LogP contribution in [0, 0.1) is 5.92 Å². The summed E-state index contributed by atoms with van der Waals surface area (Å²) in [5, 5.41) is 10.0. The van der Waals surface area contributed by atoms with Gasteiger partial charge in [-0.2, -0.15) is 18.3 Å². The summed E-state index contributed by atoms with van der Waals surface area (Å²) in [6.07, 6.45) is 5.90. The quantitative estimate of drug-likeness (QED) is 0.376. The van der Waals surface area contributed by atoms with Crippen molar-refractivity contribution in [2.45, 2.75) is 26.1 Å². The van der Waals surface area contributed by atoms with E-state index in [1.807, 2.05) is 19.3 Å². The third-order valence-corrected chi connectivity index (χ3v) is 5.36. The summed E-state index contributed by atoms with van der Waals surface area (Å²) in [4.78, 5) is 24.5. The molecule has 4 aromatic rings. The van der Waals surface area contributed by atoms with Crippen molar-refractivity contribution < 1.29 is 18.0 Å². The molecule has 34 heavy (non-hydrogen) atoms. The molecule has 1 amide bonds. The predicted molar refractivity (Wildman–Crippen MR) is 123 cm³/mol. The van der Waals surface area contributed by atoms with E-state index in [1.165, 1.54) is 6.20 Å². The van der Waals surface area contributed by atoms with E-state index in [4.69, 9.17) is 0 Å². The fraction of sp³-hybridized carbons (Fsp3) is 0.304. The van der Waals surface area contributed by atoms with E-state index in [9.17, 15) is 18.0 Å². The van der Waals surface area contributed by atoms with Gasteiger partial charge in [0.05, 0.1) is 30.7 Å². The molecule has 0 fully saturated rings. The van der Waals surface area contributed by atoms with Crippen molar-refractivity contribution >= 4 is 22.6 Å². The highest BCUT2D eigenvalue weighted by molar-refractivity contribution is 5.98. The lowest BCUT2D eigenvalue weighted by atomic mass is 10.0. The van der Waals surface area contributed by atoms with Crippen LogP contribution < -0.4 is 10.6 Å². The molecule has 0 aliphatic rings. The van der Waals surface area contributed by atoms with E-state index < -0.39 is 24.7 Å². The fourth-order valence-electron chi connectivity index (χ4n) is 3.70. The Balaban J connectivity index is 1.59. The van der Waals surface area contributed by atoms with Gasteiger partial charge in [0.1, 0.15) is 5.65 Å². The second-order valence-electron chi connectivity index (χ2n) is 8.39. The van der Waals surface area contributed by atoms with Gasteiger partial charge in [-0.3, -0.25) is 19.8 Å². The summed E-state index contributed by atoms with van der Waals surface area (Å²) < 4.78 is 39.6. The molecule has 1 atom stereocenters. The minimum absolute atomic E-state index is 0.343. The first-order valence-corrected chi connectivity index (χ1v) is 10.6. The van der Waals surface area contributed by atoms with Crippen LogP contribution in [0.1, 0.15) is 13.8 Å². The molecule has 0 saturated carbocycles. The van der Waals surface area contributed by atoms with Gasteiger partial charge >= 0.3 is 6.18 Å². The van der Waals surface area contributed by atoms with Crippen molar-refractivity contribution in [1.82, 2.24) is 30.0 Å². The smallest absolute Gasteiger partial charge is 0.346 e. The number of rotatable bonds is 7. The Labute approximate surface area is 193 Å². The lowest BCUT2D eigenvalue weighted by Gasteiger charge is -2.22. The van der Waals surface area contributed by atoms with Crippen molar-refractivity contribution in [2.75, 3.05) is 11.9 Å². The van der Waals surface area contributed by atoms with Crippen LogP contribution in [0.4, 0.5) is 18.9 Å². The molecule has 0 aromatic carbocycles. The summed E-state index contributed by atoms with van der Waals surface area (Å²) in [7, 11) is 1.84. The summed E-state index contributed by atoms with van der Waals surface area (Å²) in [6, 6.07) is 2.71. The molecule has 178 valence electrons. The minimum atomic E-state index is -4.41. The topological polar surface area (TPSA) is 101 Å². The number of nitrogens with one attached hydrogen (secondary N) is 3. The standard InChI is InChI=1S/C23H24F3N7O/c1-13(2)20(30-12-23(24,25)26)22(34)32-17-4-15(6-27-9-17)19-10-29-21-18(19)5-14(7-28-21)16-8-31-33(3)11-16/h4-11,13,20,30H,12H2,1-3H3,(H,28,29)(H,32,34)/t20-/m1/s1. The number of halogens is 3. The third-order valence-electron chi connectivity index (χ3n) is 5.36. The van der Waals surface area contributed by atoms with Gasteiger partial charge in [-0.05, 0) is 18.1 Å². The highest BCUT2D eigenvalue weighted by atomic mass is 19.4. The van der Waals surface area contributed by atoms with Crippen LogP contribution in [0.2, 0.25) is 0 Å². The van der Waals surface area contributed by atoms with Crippen LogP contribution in [0.25, 0.3) is 33.3 Å². The molecule has 11 heteroatoms. The number of aromatic nitrogens is 5. The number of carbonyl (C=O) groups is 1. The van der Waals surface area contributed by atoms with E-state index >= 15 is 0 Å². The molecule has 4 aromatic heterocycles. The molecule has 4 rings (SSSR count). The second kappa shape index (κ2) is 9.26. The van der Waals surface area contributed by atoms with Crippen LogP contribution in [-0.2, 0) is 11.8 Å². The molecule has 0 spiro atoms. The van der Waals surface area contributed by atoms with Crippen molar-refractivity contribution in [2.24, 2.45) is 13.0 Å². The molecule has 0 saturated heterocycles. The molecule has 8 nitrogen and oxygen atoms in total. The van der Waals surface area contributed by atoms with E-state index in [-0.39, 0.29) is 5.92 Å². The first kappa shape index (κ1) is 23.4. The maximum absolute atomic E-state index is 12.7. The van der Waals surface area contributed by atoms with Crippen LogP contribution in [-0.4, -0.2) is 49.4 Å². The Bertz CT molecular complexity index is 1310. The first-order chi connectivity index (χ1) is 16.1. The number of H-pyrrole nitrogens is 1. The number of hydrogen-bond acceptors (Lipinski definition) is 5. The van der Waals surface area contributed by atoms with E-state index in [0.717, 1.165) is 27.6 Å². The normalized spacial score (nSPS) is 12.9. The maximum Gasteiger partial charge on any atom is 0.401 e. The molecule has 0 aliphatic heterocycles. The van der Waals surface area contributed by atoms with Crippen molar-refractivity contribution in [1.29, 1.82) is 0 Å². The van der Waals surface area contributed by atoms with E-state index in [1.54, 1.807) is 49.4 Å². The summed E-state index contributed by atoms with van der Waals surface area (Å²) in [5.74, 6) is -0.901. The number of aryl methyl sites for hydroxylation is 1. The van der Waals surface area contributed by atoms with Crippen LogP contribution in [0.5, 0.6) is 0 Å². The number of nitrogens with zero attached hydrogens (tertiary/aromatic N) is 4. The molecular formula is C23H24F3N7O. The summed E-state index contributed by atoms with van der Waals surface area (Å²) in [6.45, 7) is 2.12. The number of hydrogen-bond donors (Lipinski definition) is 3. The molecule has 3 N–H and O–H groups in total. The van der Waals surface area contributed by atoms with Gasteiger partial charge in [0, 0.05) is 59.5 Å². The highest BCUT2D eigenvalue weighted by Gasteiger charge is 2.31. The zero-order chi connectivity index (χ0) is 24.5. The van der Waals surface area contributed by atoms with Gasteiger partial charge in [0.25, 0.3) is 0 Å². The Morgan fingerprint density at radius 2 is 1.91 bits per heavy atom. The number of amides is 1. The summed E-state index contributed by atoms with van der Waals surface area (Å²) in [5.41, 5.74) is 4.44. The monoisotopic (exact) mass is 471 g/mol. The Kier molecular flexibility index (Phi) is 6.38. The number of carbonyl (C=O) groups excluding carboxylic acids is 1. The van der Waals surface area contributed by atoms with Gasteiger partial charge in [-0.25, -0.2) is 4.98 Å². The molecule has 0 aliphatic carbocycles. The van der Waals surface area contributed by atoms with Gasteiger partial charge in [0.2, 0.25) is 5.91 Å². The van der Waals surface area contributed by atoms with Crippen molar-refractivity contribution in [3.63, 3.8) is 0 Å². The van der Waals surface area contributed by atoms with Crippen molar-refractivity contribution in [3.8, 4) is 22.3 Å². The van der Waals surface area contributed by atoms with E-state index in [2.05, 4.69) is 30.7 Å². The van der Waals surface area contributed by atoms with Crippen LogP contribution >= 0.6 is 0 Å². The van der Waals surface area contributed by atoms with Gasteiger partial charge in [-0.15, -0.1) is 0 Å². The number of anilines is 1. The predicted octanol–water partition coefficient (Wildman–Crippen LogP) is 4.14. The van der Waals surface area contributed by atoms with Crippen molar-refractivity contribution in [3.05, 3.63) is 49.3 Å². The average molecular weight is 471 g/mol. The molecule has 4 heterocycles. The Morgan fingerprint density at radius 3 is 2.59 bits per heavy atom. The molecule has 0 bridgehead atoms. The number of fused-ring (bicyclic) bond motifs is 1. The number of alkyl halides is 3. The zero-order valence-electron chi connectivity index (χ0n) is 18.8. The molecule has 0 unspecified atom stereocenters. The van der Waals surface area contributed by atoms with Crippen LogP contribution in [0.3, 0.4) is 0 Å². The molecular weight excluding hydrogens is 447 g/mol. The van der Waals surface area contributed by atoms with Gasteiger partial charge in [-0.1, -0.05) is 13.8 Å².